The monoisotopic (exact) mass is 398 g/mol. The highest BCUT2D eigenvalue weighted by molar-refractivity contribution is 5.73. The molecule has 0 aromatic rings. The van der Waals surface area contributed by atoms with E-state index in [0.717, 1.165) is 19.3 Å². The van der Waals surface area contributed by atoms with E-state index in [4.69, 9.17) is 5.11 Å². The highest BCUT2D eigenvalue weighted by Crippen LogP contribution is 2.34. The summed E-state index contributed by atoms with van der Waals surface area (Å²) in [6, 6.07) is 0. The maximum absolute atomic E-state index is 11.5. The lowest BCUT2D eigenvalue weighted by Gasteiger charge is -2.30. The van der Waals surface area contributed by atoms with Gasteiger partial charge in [0.05, 0.1) is 12.3 Å². The maximum atomic E-state index is 11.5. The van der Waals surface area contributed by atoms with Crippen molar-refractivity contribution in [2.75, 3.05) is 0 Å². The molecule has 4 nitrogen and oxygen atoms in total. The van der Waals surface area contributed by atoms with Crippen molar-refractivity contribution >= 4 is 11.9 Å². The summed E-state index contributed by atoms with van der Waals surface area (Å²) in [5, 5.41) is 18.4. The Hall–Kier alpha value is -1.06. The van der Waals surface area contributed by atoms with Gasteiger partial charge in [0.2, 0.25) is 0 Å². The van der Waals surface area contributed by atoms with Crippen LogP contribution in [0.5, 0.6) is 0 Å². The smallest absolute Gasteiger partial charge is 0.307 e. The molecule has 0 saturated heterocycles. The molecule has 4 heteroatoms. The zero-order chi connectivity index (χ0) is 21.3. The van der Waals surface area contributed by atoms with Gasteiger partial charge >= 0.3 is 11.9 Å². The van der Waals surface area contributed by atoms with Gasteiger partial charge in [-0.3, -0.25) is 9.59 Å². The van der Waals surface area contributed by atoms with Crippen LogP contribution in [0.1, 0.15) is 130 Å². The molecule has 0 amide bonds. The largest absolute Gasteiger partial charge is 0.481 e. The van der Waals surface area contributed by atoms with E-state index in [9.17, 15) is 14.7 Å². The summed E-state index contributed by atoms with van der Waals surface area (Å²) in [7, 11) is 0. The minimum atomic E-state index is -0.923. The van der Waals surface area contributed by atoms with Gasteiger partial charge in [0.25, 0.3) is 0 Å². The molecular formula is C24H46O4. The second-order valence-electron chi connectivity index (χ2n) is 9.19. The molecule has 28 heavy (non-hydrogen) atoms. The van der Waals surface area contributed by atoms with E-state index in [2.05, 4.69) is 6.92 Å². The van der Waals surface area contributed by atoms with Gasteiger partial charge in [0.1, 0.15) is 0 Å². The van der Waals surface area contributed by atoms with Crippen LogP contribution in [0.3, 0.4) is 0 Å². The van der Waals surface area contributed by atoms with Crippen LogP contribution in [-0.4, -0.2) is 22.2 Å². The van der Waals surface area contributed by atoms with Crippen LogP contribution >= 0.6 is 0 Å². The molecule has 0 fully saturated rings. The Labute approximate surface area is 173 Å². The summed E-state index contributed by atoms with van der Waals surface area (Å²) >= 11 is 0. The second-order valence-corrected chi connectivity index (χ2v) is 9.19. The molecule has 0 saturated carbocycles. The Kier molecular flexibility index (Phi) is 16.2. The summed E-state index contributed by atoms with van der Waals surface area (Å²) in [6.45, 7) is 5.77. The highest BCUT2D eigenvalue weighted by Gasteiger charge is 2.36. The standard InChI is InChI=1S/C24H46O4/c1-4-5-6-7-8-9-10-11-12-13-14-15-16-17-18-19-21(23(27)28)24(2,3)20-22(25)26/h21H,4-20H2,1-3H3,(H,25,26)(H,27,28). The molecule has 0 heterocycles. The van der Waals surface area contributed by atoms with Crippen LogP contribution in [-0.2, 0) is 9.59 Å². The van der Waals surface area contributed by atoms with Crippen molar-refractivity contribution in [3.63, 3.8) is 0 Å². The van der Waals surface area contributed by atoms with E-state index in [-0.39, 0.29) is 6.42 Å². The molecule has 0 aromatic carbocycles. The first-order valence-corrected chi connectivity index (χ1v) is 11.8. The molecule has 0 aromatic heterocycles. The maximum Gasteiger partial charge on any atom is 0.307 e. The molecule has 1 atom stereocenters. The van der Waals surface area contributed by atoms with Crippen LogP contribution in [0.25, 0.3) is 0 Å². The average Bonchev–Trinajstić information content (AvgIpc) is 2.59. The van der Waals surface area contributed by atoms with Gasteiger partial charge in [-0.1, -0.05) is 117 Å². The average molecular weight is 399 g/mol. The quantitative estimate of drug-likeness (QED) is 0.209. The lowest BCUT2D eigenvalue weighted by molar-refractivity contribution is -0.149. The first kappa shape index (κ1) is 26.9. The summed E-state index contributed by atoms with van der Waals surface area (Å²) < 4.78 is 0. The minimum Gasteiger partial charge on any atom is -0.481 e. The van der Waals surface area contributed by atoms with Gasteiger partial charge in [-0.05, 0) is 11.8 Å². The van der Waals surface area contributed by atoms with Gasteiger partial charge in [0.15, 0.2) is 0 Å². The summed E-state index contributed by atoms with van der Waals surface area (Å²) in [4.78, 5) is 22.5. The van der Waals surface area contributed by atoms with Crippen molar-refractivity contribution in [2.45, 2.75) is 130 Å². The van der Waals surface area contributed by atoms with E-state index >= 15 is 0 Å². The van der Waals surface area contributed by atoms with Gasteiger partial charge in [-0.2, -0.15) is 0 Å². The van der Waals surface area contributed by atoms with Crippen LogP contribution < -0.4 is 0 Å². The molecule has 0 bridgehead atoms. The Morgan fingerprint density at radius 1 is 0.679 bits per heavy atom. The SMILES string of the molecule is CCCCCCCCCCCCCCCCCC(C(=O)O)C(C)(C)CC(=O)O. The number of rotatable bonds is 20. The topological polar surface area (TPSA) is 74.6 Å². The van der Waals surface area contributed by atoms with E-state index < -0.39 is 23.3 Å². The number of hydrogen-bond acceptors (Lipinski definition) is 2. The lowest BCUT2D eigenvalue weighted by Crippen LogP contribution is -2.33. The number of carboxylic acids is 2. The molecule has 1 unspecified atom stereocenters. The third kappa shape index (κ3) is 14.9. The molecule has 0 spiro atoms. The van der Waals surface area contributed by atoms with Crippen LogP contribution in [0, 0.1) is 11.3 Å². The predicted molar refractivity (Wildman–Crippen MR) is 117 cm³/mol. The van der Waals surface area contributed by atoms with E-state index in [1.807, 2.05) is 0 Å². The Balaban J connectivity index is 3.59. The number of aliphatic carboxylic acids is 2. The van der Waals surface area contributed by atoms with Gasteiger partial charge in [-0.15, -0.1) is 0 Å². The zero-order valence-electron chi connectivity index (χ0n) is 18.8. The number of carboxylic acid groups (broad SMARTS) is 2. The van der Waals surface area contributed by atoms with Crippen molar-refractivity contribution < 1.29 is 19.8 Å². The third-order valence-electron chi connectivity index (χ3n) is 5.94. The molecule has 2 N–H and O–H groups in total. The number of hydrogen-bond donors (Lipinski definition) is 2. The van der Waals surface area contributed by atoms with Crippen molar-refractivity contribution in [1.82, 2.24) is 0 Å². The van der Waals surface area contributed by atoms with Gasteiger partial charge in [-0.25, -0.2) is 0 Å². The van der Waals surface area contributed by atoms with E-state index in [0.29, 0.717) is 6.42 Å². The van der Waals surface area contributed by atoms with Crippen molar-refractivity contribution in [3.05, 3.63) is 0 Å². The summed E-state index contributed by atoms with van der Waals surface area (Å²) in [6.07, 6.45) is 19.8. The Morgan fingerprint density at radius 3 is 1.36 bits per heavy atom. The molecule has 0 aliphatic rings. The third-order valence-corrected chi connectivity index (χ3v) is 5.94. The predicted octanol–water partition coefficient (Wildman–Crippen LogP) is 7.45. The van der Waals surface area contributed by atoms with Crippen LogP contribution in [0.4, 0.5) is 0 Å². The minimum absolute atomic E-state index is 0.0945. The molecule has 0 aliphatic carbocycles. The number of unbranched alkanes of at least 4 members (excludes halogenated alkanes) is 14. The van der Waals surface area contributed by atoms with Gasteiger partial charge in [0, 0.05) is 0 Å². The van der Waals surface area contributed by atoms with Crippen LogP contribution in [0.15, 0.2) is 0 Å². The van der Waals surface area contributed by atoms with Crippen LogP contribution in [0.2, 0.25) is 0 Å². The first-order valence-electron chi connectivity index (χ1n) is 11.8. The normalized spacial score (nSPS) is 12.8. The second kappa shape index (κ2) is 16.9. The Morgan fingerprint density at radius 2 is 1.04 bits per heavy atom. The lowest BCUT2D eigenvalue weighted by atomic mass is 9.74. The fraction of sp³-hybridized carbons (Fsp3) is 0.917. The first-order chi connectivity index (χ1) is 13.3. The fourth-order valence-electron chi connectivity index (χ4n) is 4.08. The van der Waals surface area contributed by atoms with E-state index in [1.165, 1.54) is 77.0 Å². The van der Waals surface area contributed by atoms with Gasteiger partial charge < -0.3 is 10.2 Å². The van der Waals surface area contributed by atoms with Crippen molar-refractivity contribution in [1.29, 1.82) is 0 Å². The van der Waals surface area contributed by atoms with E-state index in [1.54, 1.807) is 13.8 Å². The molecule has 0 radical (unpaired) electrons. The van der Waals surface area contributed by atoms with Crippen molar-refractivity contribution in [3.8, 4) is 0 Å². The highest BCUT2D eigenvalue weighted by atomic mass is 16.4. The number of carbonyl (C=O) groups is 2. The molecular weight excluding hydrogens is 352 g/mol. The summed E-state index contributed by atoms with van der Waals surface area (Å²) in [5.41, 5.74) is -0.701. The molecule has 0 aliphatic heterocycles. The summed E-state index contributed by atoms with van der Waals surface area (Å²) in [5.74, 6) is -2.37. The fourth-order valence-corrected chi connectivity index (χ4v) is 4.08. The zero-order valence-corrected chi connectivity index (χ0v) is 18.8. The molecule has 166 valence electrons. The van der Waals surface area contributed by atoms with Crippen molar-refractivity contribution in [2.24, 2.45) is 11.3 Å². The Bertz CT molecular complexity index is 403. The molecule has 0 rings (SSSR count).